The Bertz CT molecular complexity index is 368. The molecule has 1 aromatic rings. The predicted octanol–water partition coefficient (Wildman–Crippen LogP) is 1.90. The minimum atomic E-state index is -0.761. The molecule has 0 aliphatic carbocycles. The minimum absolute atomic E-state index is 0.219. The second-order valence-corrected chi connectivity index (χ2v) is 3.16. The van der Waals surface area contributed by atoms with E-state index in [2.05, 4.69) is 5.32 Å². The van der Waals surface area contributed by atoms with Gasteiger partial charge in [0.1, 0.15) is 0 Å². The summed E-state index contributed by atoms with van der Waals surface area (Å²) in [6, 6.07) is 3.68. The van der Waals surface area contributed by atoms with Crippen LogP contribution in [-0.4, -0.2) is 24.2 Å². The Morgan fingerprint density at radius 2 is 2.31 bits per heavy atom. The SMILES string of the molecule is CCOCCC(=O)Nc1ccc(O)c(F)c1. The van der Waals surface area contributed by atoms with Crippen molar-refractivity contribution in [3.05, 3.63) is 24.0 Å². The van der Waals surface area contributed by atoms with Gasteiger partial charge in [0, 0.05) is 18.4 Å². The zero-order valence-corrected chi connectivity index (χ0v) is 9.00. The van der Waals surface area contributed by atoms with Gasteiger partial charge in [0.25, 0.3) is 0 Å². The molecule has 2 N–H and O–H groups in total. The van der Waals surface area contributed by atoms with Crippen molar-refractivity contribution in [1.82, 2.24) is 0 Å². The summed E-state index contributed by atoms with van der Waals surface area (Å²) in [6.07, 6.45) is 0.219. The zero-order chi connectivity index (χ0) is 12.0. The number of benzene rings is 1. The van der Waals surface area contributed by atoms with E-state index < -0.39 is 11.6 Å². The van der Waals surface area contributed by atoms with E-state index in [1.807, 2.05) is 6.92 Å². The normalized spacial score (nSPS) is 10.1. The van der Waals surface area contributed by atoms with Gasteiger partial charge in [0.05, 0.1) is 13.0 Å². The van der Waals surface area contributed by atoms with Gasteiger partial charge in [0.15, 0.2) is 11.6 Å². The number of nitrogens with one attached hydrogen (secondary N) is 1. The number of rotatable bonds is 5. The van der Waals surface area contributed by atoms with Gasteiger partial charge in [0.2, 0.25) is 5.91 Å². The van der Waals surface area contributed by atoms with Gasteiger partial charge in [-0.3, -0.25) is 4.79 Å². The first-order valence-electron chi connectivity index (χ1n) is 4.99. The van der Waals surface area contributed by atoms with E-state index in [0.717, 1.165) is 6.07 Å². The van der Waals surface area contributed by atoms with Crippen molar-refractivity contribution in [3.63, 3.8) is 0 Å². The number of halogens is 1. The van der Waals surface area contributed by atoms with Crippen LogP contribution in [-0.2, 0) is 9.53 Å². The summed E-state index contributed by atoms with van der Waals surface area (Å²) >= 11 is 0. The Morgan fingerprint density at radius 1 is 1.56 bits per heavy atom. The number of phenols is 1. The van der Waals surface area contributed by atoms with Gasteiger partial charge in [-0.25, -0.2) is 4.39 Å². The molecule has 0 bridgehead atoms. The molecule has 0 atom stereocenters. The standard InChI is InChI=1S/C11H14FNO3/c1-2-16-6-5-11(15)13-8-3-4-10(14)9(12)7-8/h3-4,7,14H,2,5-6H2,1H3,(H,13,15). The van der Waals surface area contributed by atoms with Crippen LogP contribution in [0.25, 0.3) is 0 Å². The van der Waals surface area contributed by atoms with E-state index in [9.17, 15) is 9.18 Å². The van der Waals surface area contributed by atoms with Crippen molar-refractivity contribution in [2.75, 3.05) is 18.5 Å². The quantitative estimate of drug-likeness (QED) is 0.596. The third-order valence-electron chi connectivity index (χ3n) is 1.91. The fourth-order valence-electron chi connectivity index (χ4n) is 1.12. The van der Waals surface area contributed by atoms with E-state index in [1.165, 1.54) is 12.1 Å². The summed E-state index contributed by atoms with van der Waals surface area (Å²) in [5.41, 5.74) is 0.316. The number of carbonyl (C=O) groups is 1. The molecule has 0 heterocycles. The molecule has 0 saturated heterocycles. The zero-order valence-electron chi connectivity index (χ0n) is 9.00. The molecule has 5 heteroatoms. The van der Waals surface area contributed by atoms with Crippen LogP contribution in [0, 0.1) is 5.82 Å². The van der Waals surface area contributed by atoms with E-state index >= 15 is 0 Å². The van der Waals surface area contributed by atoms with Crippen LogP contribution in [0.1, 0.15) is 13.3 Å². The molecule has 1 rings (SSSR count). The lowest BCUT2D eigenvalue weighted by atomic mass is 10.3. The largest absolute Gasteiger partial charge is 0.505 e. The van der Waals surface area contributed by atoms with E-state index in [0.29, 0.717) is 18.9 Å². The number of hydrogen-bond donors (Lipinski definition) is 2. The van der Waals surface area contributed by atoms with E-state index in [1.54, 1.807) is 0 Å². The highest BCUT2D eigenvalue weighted by atomic mass is 19.1. The Kier molecular flexibility index (Phi) is 4.72. The maximum Gasteiger partial charge on any atom is 0.226 e. The number of phenolic OH excluding ortho intramolecular Hbond substituents is 1. The third kappa shape index (κ3) is 3.86. The number of ether oxygens (including phenoxy) is 1. The molecule has 0 aromatic heterocycles. The fraction of sp³-hybridized carbons (Fsp3) is 0.364. The van der Waals surface area contributed by atoms with E-state index in [4.69, 9.17) is 9.84 Å². The molecule has 0 unspecified atom stereocenters. The maximum absolute atomic E-state index is 12.9. The molecule has 0 saturated carbocycles. The lowest BCUT2D eigenvalue weighted by Crippen LogP contribution is -2.14. The number of amides is 1. The Morgan fingerprint density at radius 3 is 2.94 bits per heavy atom. The van der Waals surface area contributed by atoms with Gasteiger partial charge < -0.3 is 15.2 Å². The number of anilines is 1. The number of aromatic hydroxyl groups is 1. The summed E-state index contributed by atoms with van der Waals surface area (Å²) in [6.45, 7) is 2.73. The molecule has 16 heavy (non-hydrogen) atoms. The second kappa shape index (κ2) is 6.07. The average molecular weight is 227 g/mol. The fourth-order valence-corrected chi connectivity index (χ4v) is 1.12. The van der Waals surface area contributed by atoms with Gasteiger partial charge >= 0.3 is 0 Å². The molecule has 4 nitrogen and oxygen atoms in total. The number of carbonyl (C=O) groups excluding carboxylic acids is 1. The highest BCUT2D eigenvalue weighted by Crippen LogP contribution is 2.19. The first-order valence-corrected chi connectivity index (χ1v) is 4.99. The summed E-state index contributed by atoms with van der Waals surface area (Å²) in [5.74, 6) is -1.45. The van der Waals surface area contributed by atoms with Crippen LogP contribution in [0.3, 0.4) is 0 Å². The lowest BCUT2D eigenvalue weighted by molar-refractivity contribution is -0.117. The van der Waals surface area contributed by atoms with Crippen LogP contribution in [0.4, 0.5) is 10.1 Å². The Hall–Kier alpha value is -1.62. The maximum atomic E-state index is 12.9. The average Bonchev–Trinajstić information content (AvgIpc) is 2.24. The van der Waals surface area contributed by atoms with Crippen LogP contribution in [0.2, 0.25) is 0 Å². The van der Waals surface area contributed by atoms with Crippen molar-refractivity contribution >= 4 is 11.6 Å². The lowest BCUT2D eigenvalue weighted by Gasteiger charge is -2.05. The summed E-state index contributed by atoms with van der Waals surface area (Å²) in [7, 11) is 0. The van der Waals surface area contributed by atoms with Gasteiger partial charge in [-0.2, -0.15) is 0 Å². The Labute approximate surface area is 93.0 Å². The van der Waals surface area contributed by atoms with Crippen LogP contribution in [0.5, 0.6) is 5.75 Å². The van der Waals surface area contributed by atoms with Crippen molar-refractivity contribution < 1.29 is 19.0 Å². The first kappa shape index (κ1) is 12.4. The van der Waals surface area contributed by atoms with E-state index in [-0.39, 0.29) is 12.3 Å². The molecular formula is C11H14FNO3. The molecule has 1 amide bonds. The summed E-state index contributed by atoms with van der Waals surface area (Å²) in [4.78, 5) is 11.3. The monoisotopic (exact) mass is 227 g/mol. The van der Waals surface area contributed by atoms with Crippen molar-refractivity contribution in [2.24, 2.45) is 0 Å². The summed E-state index contributed by atoms with van der Waals surface area (Å²) in [5, 5.41) is 11.4. The molecule has 0 aliphatic heterocycles. The van der Waals surface area contributed by atoms with Crippen LogP contribution >= 0.6 is 0 Å². The topological polar surface area (TPSA) is 58.6 Å². The van der Waals surface area contributed by atoms with Crippen LogP contribution in [0.15, 0.2) is 18.2 Å². The summed E-state index contributed by atoms with van der Waals surface area (Å²) < 4.78 is 17.9. The molecule has 0 fully saturated rings. The molecule has 0 spiro atoms. The first-order chi connectivity index (χ1) is 7.63. The molecule has 0 aliphatic rings. The minimum Gasteiger partial charge on any atom is -0.505 e. The molecule has 1 aromatic carbocycles. The highest BCUT2D eigenvalue weighted by molar-refractivity contribution is 5.90. The van der Waals surface area contributed by atoms with Gasteiger partial charge in [-0.15, -0.1) is 0 Å². The highest BCUT2D eigenvalue weighted by Gasteiger charge is 2.05. The second-order valence-electron chi connectivity index (χ2n) is 3.16. The smallest absolute Gasteiger partial charge is 0.226 e. The molecule has 88 valence electrons. The van der Waals surface area contributed by atoms with Crippen molar-refractivity contribution in [2.45, 2.75) is 13.3 Å². The van der Waals surface area contributed by atoms with Gasteiger partial charge in [-0.1, -0.05) is 0 Å². The van der Waals surface area contributed by atoms with Crippen LogP contribution < -0.4 is 5.32 Å². The third-order valence-corrected chi connectivity index (χ3v) is 1.91. The number of hydrogen-bond acceptors (Lipinski definition) is 3. The predicted molar refractivity (Wildman–Crippen MR) is 57.8 cm³/mol. The van der Waals surface area contributed by atoms with Crippen molar-refractivity contribution in [1.29, 1.82) is 0 Å². The van der Waals surface area contributed by atoms with Gasteiger partial charge in [-0.05, 0) is 19.1 Å². The van der Waals surface area contributed by atoms with Crippen molar-refractivity contribution in [3.8, 4) is 5.75 Å². The molecular weight excluding hydrogens is 213 g/mol. The molecule has 0 radical (unpaired) electrons. The Balaban J connectivity index is 2.46.